The van der Waals surface area contributed by atoms with Gasteiger partial charge in [0.15, 0.2) is 5.69 Å². The molecular formula is C24H26F6N4OS. The standard InChI is InChI=1S/C24H26F6N4OS/c25-23(26,27)18-7-4-6-16(12-18)20-15-36-22(33-20)34-21(24(28,29)30)17(13-32-34)14-35-11-5-10-31-19-8-2-1-3-9-19/h4,6-7,12-13,15,19,31H,1-3,5,8-11,14H2. The van der Waals surface area contributed by atoms with Crippen LogP contribution in [0.3, 0.4) is 0 Å². The average molecular weight is 533 g/mol. The lowest BCUT2D eigenvalue weighted by atomic mass is 9.95. The molecule has 0 spiro atoms. The van der Waals surface area contributed by atoms with E-state index in [4.69, 9.17) is 4.74 Å². The number of nitrogens with one attached hydrogen (secondary N) is 1. The lowest BCUT2D eigenvalue weighted by molar-refractivity contribution is -0.144. The fourth-order valence-electron chi connectivity index (χ4n) is 4.25. The van der Waals surface area contributed by atoms with Crippen molar-refractivity contribution in [2.75, 3.05) is 13.2 Å². The third-order valence-corrected chi connectivity index (χ3v) is 6.85. The molecule has 2 aromatic heterocycles. The summed E-state index contributed by atoms with van der Waals surface area (Å²) in [5.74, 6) is 0. The molecule has 0 bridgehead atoms. The van der Waals surface area contributed by atoms with Crippen molar-refractivity contribution in [3.8, 4) is 16.4 Å². The van der Waals surface area contributed by atoms with Crippen LogP contribution in [0, 0.1) is 0 Å². The molecule has 196 valence electrons. The van der Waals surface area contributed by atoms with Gasteiger partial charge in [-0.1, -0.05) is 31.4 Å². The summed E-state index contributed by atoms with van der Waals surface area (Å²) in [6.45, 7) is 0.788. The van der Waals surface area contributed by atoms with Gasteiger partial charge in [0.25, 0.3) is 0 Å². The van der Waals surface area contributed by atoms with Gasteiger partial charge in [-0.25, -0.2) is 9.67 Å². The number of nitrogens with zero attached hydrogens (tertiary/aromatic N) is 3. The van der Waals surface area contributed by atoms with E-state index in [1.54, 1.807) is 0 Å². The molecule has 1 aromatic carbocycles. The van der Waals surface area contributed by atoms with E-state index in [-0.39, 0.29) is 28.6 Å². The minimum Gasteiger partial charge on any atom is -0.377 e. The summed E-state index contributed by atoms with van der Waals surface area (Å²) in [4.78, 5) is 4.13. The fraction of sp³-hybridized carbons (Fsp3) is 0.500. The van der Waals surface area contributed by atoms with E-state index in [1.165, 1.54) is 36.8 Å². The third-order valence-electron chi connectivity index (χ3n) is 6.03. The van der Waals surface area contributed by atoms with Gasteiger partial charge in [-0.05, 0) is 37.9 Å². The maximum absolute atomic E-state index is 13.9. The maximum Gasteiger partial charge on any atom is 0.433 e. The Morgan fingerprint density at radius 1 is 1.06 bits per heavy atom. The number of thiazole rings is 1. The van der Waals surface area contributed by atoms with Crippen molar-refractivity contribution in [2.24, 2.45) is 0 Å². The van der Waals surface area contributed by atoms with Gasteiger partial charge < -0.3 is 10.1 Å². The second kappa shape index (κ2) is 11.3. The first kappa shape index (κ1) is 26.6. The molecule has 1 N–H and O–H groups in total. The Balaban J connectivity index is 1.42. The van der Waals surface area contributed by atoms with Gasteiger partial charge in [0, 0.05) is 29.2 Å². The first-order chi connectivity index (χ1) is 17.1. The minimum atomic E-state index is -4.72. The van der Waals surface area contributed by atoms with E-state index in [2.05, 4.69) is 15.4 Å². The van der Waals surface area contributed by atoms with Crippen molar-refractivity contribution in [1.82, 2.24) is 20.1 Å². The van der Waals surface area contributed by atoms with Gasteiger partial charge in [0.1, 0.15) is 0 Å². The number of aromatic nitrogens is 3. The Morgan fingerprint density at radius 3 is 2.56 bits per heavy atom. The van der Waals surface area contributed by atoms with E-state index >= 15 is 0 Å². The van der Waals surface area contributed by atoms with Gasteiger partial charge in [-0.2, -0.15) is 31.4 Å². The number of benzene rings is 1. The molecule has 4 rings (SSSR count). The highest BCUT2D eigenvalue weighted by Gasteiger charge is 2.39. The van der Waals surface area contributed by atoms with Crippen molar-refractivity contribution in [2.45, 2.75) is 63.5 Å². The maximum atomic E-state index is 13.9. The van der Waals surface area contributed by atoms with E-state index in [0.29, 0.717) is 23.8 Å². The highest BCUT2D eigenvalue weighted by Crippen LogP contribution is 2.36. The topological polar surface area (TPSA) is 52.0 Å². The minimum absolute atomic E-state index is 0.0994. The van der Waals surface area contributed by atoms with Crippen LogP contribution in [0.2, 0.25) is 0 Å². The van der Waals surface area contributed by atoms with Crippen molar-refractivity contribution >= 4 is 11.3 Å². The molecule has 0 atom stereocenters. The zero-order valence-corrected chi connectivity index (χ0v) is 20.1. The normalized spacial score (nSPS) is 15.5. The third kappa shape index (κ3) is 6.65. The Hall–Kier alpha value is -2.44. The van der Waals surface area contributed by atoms with Crippen molar-refractivity contribution in [3.63, 3.8) is 0 Å². The highest BCUT2D eigenvalue weighted by atomic mass is 32.1. The van der Waals surface area contributed by atoms with Gasteiger partial charge in [-0.3, -0.25) is 0 Å². The summed E-state index contributed by atoms with van der Waals surface area (Å²) in [5, 5.41) is 8.63. The van der Waals surface area contributed by atoms with Crippen LogP contribution in [0.5, 0.6) is 0 Å². The molecule has 0 aliphatic heterocycles. The van der Waals surface area contributed by atoms with Gasteiger partial charge in [-0.15, -0.1) is 11.3 Å². The first-order valence-corrected chi connectivity index (χ1v) is 12.6. The molecule has 2 heterocycles. The number of alkyl halides is 6. The predicted octanol–water partition coefficient (Wildman–Crippen LogP) is 6.86. The van der Waals surface area contributed by atoms with Gasteiger partial charge in [0.2, 0.25) is 5.13 Å². The van der Waals surface area contributed by atoms with E-state index < -0.39 is 23.6 Å². The van der Waals surface area contributed by atoms with Crippen LogP contribution in [0.15, 0.2) is 35.8 Å². The zero-order valence-electron chi connectivity index (χ0n) is 19.3. The Bertz CT molecular complexity index is 1130. The SMILES string of the molecule is FC(F)(F)c1cccc(-c2csc(-n3ncc(COCCCNC4CCCCC4)c3C(F)(F)F)n2)c1. The fourth-order valence-corrected chi connectivity index (χ4v) is 5.05. The highest BCUT2D eigenvalue weighted by molar-refractivity contribution is 7.12. The molecule has 1 fully saturated rings. The number of ether oxygens (including phenoxy) is 1. The van der Waals surface area contributed by atoms with E-state index in [9.17, 15) is 26.3 Å². The molecule has 1 saturated carbocycles. The summed E-state index contributed by atoms with van der Waals surface area (Å²) < 4.78 is 86.9. The molecule has 1 aliphatic carbocycles. The summed E-state index contributed by atoms with van der Waals surface area (Å²) in [7, 11) is 0. The van der Waals surface area contributed by atoms with Crippen molar-refractivity contribution in [1.29, 1.82) is 0 Å². The molecule has 3 aromatic rings. The van der Waals surface area contributed by atoms with Crippen LogP contribution in [0.4, 0.5) is 26.3 Å². The summed E-state index contributed by atoms with van der Waals surface area (Å²) in [6.07, 6.45) is -1.47. The number of halogens is 6. The quantitative estimate of drug-likeness (QED) is 0.242. The van der Waals surface area contributed by atoms with E-state index in [1.807, 2.05) is 0 Å². The summed E-state index contributed by atoms with van der Waals surface area (Å²) in [6, 6.07) is 4.99. The first-order valence-electron chi connectivity index (χ1n) is 11.7. The Labute approximate surface area is 208 Å². The lowest BCUT2D eigenvalue weighted by Gasteiger charge is -2.22. The monoisotopic (exact) mass is 532 g/mol. The second-order valence-corrected chi connectivity index (χ2v) is 9.55. The van der Waals surface area contributed by atoms with Crippen molar-refractivity contribution < 1.29 is 31.1 Å². The van der Waals surface area contributed by atoms with Crippen LogP contribution in [-0.4, -0.2) is 34.0 Å². The molecule has 0 amide bonds. The molecule has 0 saturated heterocycles. The van der Waals surface area contributed by atoms with E-state index in [0.717, 1.165) is 49.1 Å². The summed E-state index contributed by atoms with van der Waals surface area (Å²) >= 11 is 0.862. The molecule has 1 aliphatic rings. The lowest BCUT2D eigenvalue weighted by Crippen LogP contribution is -2.32. The predicted molar refractivity (Wildman–Crippen MR) is 124 cm³/mol. The van der Waals surface area contributed by atoms with Crippen LogP contribution in [-0.2, 0) is 23.7 Å². The van der Waals surface area contributed by atoms with Crippen LogP contribution in [0.1, 0.15) is 55.3 Å². The molecule has 0 unspecified atom stereocenters. The molecular weight excluding hydrogens is 506 g/mol. The Morgan fingerprint density at radius 2 is 1.83 bits per heavy atom. The molecule has 5 nitrogen and oxygen atoms in total. The van der Waals surface area contributed by atoms with Crippen molar-refractivity contribution in [3.05, 3.63) is 52.7 Å². The van der Waals surface area contributed by atoms with Crippen LogP contribution < -0.4 is 5.32 Å². The van der Waals surface area contributed by atoms with Crippen LogP contribution >= 0.6 is 11.3 Å². The van der Waals surface area contributed by atoms with Gasteiger partial charge in [0.05, 0.1) is 24.1 Å². The number of hydrogen-bond donors (Lipinski definition) is 1. The van der Waals surface area contributed by atoms with Gasteiger partial charge >= 0.3 is 12.4 Å². The Kier molecular flexibility index (Phi) is 8.36. The molecule has 12 heteroatoms. The molecule has 0 radical (unpaired) electrons. The number of hydrogen-bond acceptors (Lipinski definition) is 5. The average Bonchev–Trinajstić information content (AvgIpc) is 3.49. The van der Waals surface area contributed by atoms with Crippen LogP contribution in [0.25, 0.3) is 16.4 Å². The smallest absolute Gasteiger partial charge is 0.377 e. The molecule has 36 heavy (non-hydrogen) atoms. The number of rotatable bonds is 9. The summed E-state index contributed by atoms with van der Waals surface area (Å²) in [5.41, 5.74) is -1.71. The second-order valence-electron chi connectivity index (χ2n) is 8.72. The zero-order chi connectivity index (χ0) is 25.8. The largest absolute Gasteiger partial charge is 0.433 e.